The fraction of sp³-hybridized carbons (Fsp3) is 0.850. The molecule has 0 aromatic carbocycles. The van der Waals surface area contributed by atoms with E-state index < -0.39 is 6.10 Å². The number of hydrogen-bond acceptors (Lipinski definition) is 9. The van der Waals surface area contributed by atoms with Crippen molar-refractivity contribution >= 4 is 38.9 Å². The van der Waals surface area contributed by atoms with E-state index >= 15 is 0 Å². The summed E-state index contributed by atoms with van der Waals surface area (Å²) < 4.78 is 0. The summed E-state index contributed by atoms with van der Waals surface area (Å²) in [5.74, 6) is 0.497. The van der Waals surface area contributed by atoms with Crippen LogP contribution in [-0.4, -0.2) is 77.5 Å². The largest absolute Gasteiger partial charge is 0.396 e. The maximum Gasteiger partial charge on any atom is 0.149 e. The van der Waals surface area contributed by atoms with Crippen LogP contribution in [0.5, 0.6) is 0 Å². The van der Waals surface area contributed by atoms with E-state index in [4.69, 9.17) is 0 Å². The highest BCUT2D eigenvalue weighted by Gasteiger charge is 2.33. The molecule has 0 aromatic heterocycles. The van der Waals surface area contributed by atoms with Crippen LogP contribution in [0.1, 0.15) is 46.0 Å². The van der Waals surface area contributed by atoms with Crippen LogP contribution in [0.25, 0.3) is 0 Å². The summed E-state index contributed by atoms with van der Waals surface area (Å²) in [6, 6.07) is -0.334. The van der Waals surface area contributed by atoms with Gasteiger partial charge in [0.05, 0.1) is 23.9 Å². The highest BCUT2D eigenvalue weighted by molar-refractivity contribution is 8.77. The van der Waals surface area contributed by atoms with Crippen LogP contribution in [-0.2, 0) is 14.4 Å². The van der Waals surface area contributed by atoms with E-state index in [-0.39, 0.29) is 53.6 Å². The number of carbonyl (C=O) groups excluding carboxylic acids is 3. The summed E-state index contributed by atoms with van der Waals surface area (Å²) in [5.41, 5.74) is 0. The Hall–Kier alpha value is -0.450. The Kier molecular flexibility index (Phi) is 13.3. The third-order valence-corrected chi connectivity index (χ3v) is 8.18. The Morgan fingerprint density at radius 3 is 2.66 bits per heavy atom. The number of carbonyl (C=O) groups is 3. The van der Waals surface area contributed by atoms with Gasteiger partial charge in [0.15, 0.2) is 0 Å². The Balaban J connectivity index is 2.52. The summed E-state index contributed by atoms with van der Waals surface area (Å²) in [6.45, 7) is 3.83. The second-order valence-corrected chi connectivity index (χ2v) is 10.4. The van der Waals surface area contributed by atoms with E-state index in [2.05, 4.69) is 10.6 Å². The van der Waals surface area contributed by atoms with Crippen molar-refractivity contribution in [3.63, 3.8) is 0 Å². The molecular formula is C20H36N2O5S2. The second kappa shape index (κ2) is 14.5. The first kappa shape index (κ1) is 26.6. The number of rotatable bonds is 14. The maximum absolute atomic E-state index is 12.9. The van der Waals surface area contributed by atoms with Crippen molar-refractivity contribution in [2.45, 2.75) is 63.3 Å². The summed E-state index contributed by atoms with van der Waals surface area (Å²) in [4.78, 5) is 36.9. The Bertz CT molecular complexity index is 533. The van der Waals surface area contributed by atoms with Crippen LogP contribution in [0.3, 0.4) is 0 Å². The molecule has 1 heterocycles. The lowest BCUT2D eigenvalue weighted by atomic mass is 9.88. The van der Waals surface area contributed by atoms with E-state index in [1.165, 1.54) is 17.7 Å². The van der Waals surface area contributed by atoms with Crippen LogP contribution >= 0.6 is 21.6 Å². The van der Waals surface area contributed by atoms with Gasteiger partial charge in [-0.25, -0.2) is 0 Å². The van der Waals surface area contributed by atoms with E-state index in [0.29, 0.717) is 32.2 Å². The molecule has 0 amide bonds. The van der Waals surface area contributed by atoms with Gasteiger partial charge in [-0.2, -0.15) is 0 Å². The predicted octanol–water partition coefficient (Wildman–Crippen LogP) is 1.21. The van der Waals surface area contributed by atoms with Crippen LogP contribution in [0.2, 0.25) is 0 Å². The van der Waals surface area contributed by atoms with E-state index in [9.17, 15) is 24.6 Å². The minimum Gasteiger partial charge on any atom is -0.396 e. The highest BCUT2D eigenvalue weighted by Crippen LogP contribution is 2.39. The molecule has 1 aliphatic rings. The average Bonchev–Trinajstić information content (AvgIpc) is 2.85. The minimum atomic E-state index is -0.662. The van der Waals surface area contributed by atoms with Gasteiger partial charge in [0.2, 0.25) is 0 Å². The zero-order valence-corrected chi connectivity index (χ0v) is 19.3. The van der Waals surface area contributed by atoms with E-state index in [1.54, 1.807) is 17.7 Å². The van der Waals surface area contributed by atoms with Gasteiger partial charge in [-0.15, -0.1) is 0 Å². The Labute approximate surface area is 181 Å². The molecule has 0 aromatic rings. The summed E-state index contributed by atoms with van der Waals surface area (Å²) in [6.07, 6.45) is 1.97. The lowest BCUT2D eigenvalue weighted by Gasteiger charge is -2.23. The van der Waals surface area contributed by atoms with Crippen molar-refractivity contribution in [2.75, 3.05) is 32.5 Å². The molecule has 1 fully saturated rings. The molecule has 5 atom stereocenters. The van der Waals surface area contributed by atoms with E-state index in [1.807, 2.05) is 7.05 Å². The Morgan fingerprint density at radius 1 is 1.34 bits per heavy atom. The minimum absolute atomic E-state index is 0.00632. The van der Waals surface area contributed by atoms with E-state index in [0.717, 1.165) is 12.2 Å². The molecule has 29 heavy (non-hydrogen) atoms. The quantitative estimate of drug-likeness (QED) is 0.291. The third kappa shape index (κ3) is 9.93. The molecule has 4 N–H and O–H groups in total. The number of hydrogen-bond donors (Lipinski definition) is 4. The molecule has 0 radical (unpaired) electrons. The van der Waals surface area contributed by atoms with Gasteiger partial charge in [-0.3, -0.25) is 14.4 Å². The molecule has 0 saturated carbocycles. The van der Waals surface area contributed by atoms with Gasteiger partial charge in [0, 0.05) is 30.6 Å². The topological polar surface area (TPSA) is 116 Å². The molecule has 1 aliphatic heterocycles. The molecule has 0 aliphatic carbocycles. The van der Waals surface area contributed by atoms with Crippen molar-refractivity contribution < 1.29 is 24.6 Å². The fourth-order valence-corrected chi connectivity index (χ4v) is 6.16. The van der Waals surface area contributed by atoms with Crippen LogP contribution < -0.4 is 10.6 Å². The number of ketones is 3. The summed E-state index contributed by atoms with van der Waals surface area (Å²) in [5, 5.41) is 25.0. The smallest absolute Gasteiger partial charge is 0.149 e. The SMILES string of the molecule is CNCC[C@H](NCC(=O)CC[C@@H]1CCSSC(C[C@@H](CO)[C@H](C)O)C1=O)C(C)=O. The number of nitrogens with one attached hydrogen (secondary N) is 2. The fourth-order valence-electron chi connectivity index (χ4n) is 3.31. The average molecular weight is 449 g/mol. The Morgan fingerprint density at radius 2 is 2.07 bits per heavy atom. The first-order chi connectivity index (χ1) is 13.8. The molecular weight excluding hydrogens is 412 g/mol. The van der Waals surface area contributed by atoms with Crippen molar-refractivity contribution in [1.29, 1.82) is 0 Å². The molecule has 1 saturated heterocycles. The molecule has 1 rings (SSSR count). The first-order valence-electron chi connectivity index (χ1n) is 10.3. The molecule has 0 bridgehead atoms. The predicted molar refractivity (Wildman–Crippen MR) is 119 cm³/mol. The second-order valence-electron chi connectivity index (χ2n) is 7.73. The lowest BCUT2D eigenvalue weighted by molar-refractivity contribution is -0.123. The van der Waals surface area contributed by atoms with Crippen molar-refractivity contribution in [3.8, 4) is 0 Å². The molecule has 0 spiro atoms. The van der Waals surface area contributed by atoms with Gasteiger partial charge in [-0.1, -0.05) is 21.6 Å². The van der Waals surface area contributed by atoms with Gasteiger partial charge in [0.1, 0.15) is 17.3 Å². The standard InChI is InChI=1S/C20H36N2O5S2/c1-13(24)16(12-23)10-19-20(27)15(7-9-28-29-19)4-5-17(26)11-22-18(14(2)25)6-8-21-3/h13,15-16,18-19,21-24H,4-12H2,1-3H3/t13-,15+,16-,18-,19?/m0/s1. The lowest BCUT2D eigenvalue weighted by Crippen LogP contribution is -2.40. The summed E-state index contributed by atoms with van der Waals surface area (Å²) in [7, 11) is 4.99. The number of aliphatic hydroxyl groups is 2. The molecule has 7 nitrogen and oxygen atoms in total. The normalized spacial score (nSPS) is 23.3. The molecule has 9 heteroatoms. The van der Waals surface area contributed by atoms with Gasteiger partial charge >= 0.3 is 0 Å². The third-order valence-electron chi connectivity index (χ3n) is 5.38. The van der Waals surface area contributed by atoms with Crippen LogP contribution in [0, 0.1) is 11.8 Å². The zero-order chi connectivity index (χ0) is 21.8. The number of Topliss-reactive ketones (excluding diaryl/α,β-unsaturated/α-hetero) is 3. The maximum atomic E-state index is 12.9. The first-order valence-corrected chi connectivity index (χ1v) is 12.7. The van der Waals surface area contributed by atoms with Gasteiger partial charge < -0.3 is 20.8 Å². The van der Waals surface area contributed by atoms with Crippen LogP contribution in [0.4, 0.5) is 0 Å². The van der Waals surface area contributed by atoms with Crippen molar-refractivity contribution in [1.82, 2.24) is 10.6 Å². The zero-order valence-electron chi connectivity index (χ0n) is 17.7. The van der Waals surface area contributed by atoms with Gasteiger partial charge in [-0.05, 0) is 53.1 Å². The van der Waals surface area contributed by atoms with Crippen molar-refractivity contribution in [3.05, 3.63) is 0 Å². The van der Waals surface area contributed by atoms with Crippen LogP contribution in [0.15, 0.2) is 0 Å². The number of aliphatic hydroxyl groups excluding tert-OH is 2. The highest BCUT2D eigenvalue weighted by atomic mass is 33.1. The van der Waals surface area contributed by atoms with Crippen molar-refractivity contribution in [2.24, 2.45) is 11.8 Å². The monoisotopic (exact) mass is 448 g/mol. The molecule has 168 valence electrons. The summed E-state index contributed by atoms with van der Waals surface area (Å²) >= 11 is 0. The van der Waals surface area contributed by atoms with Gasteiger partial charge in [0.25, 0.3) is 0 Å². The molecule has 1 unspecified atom stereocenters.